The SMILES string of the molecule is CC(C)CN(C(=O)c1nc2ccccc2n1C(C)C)[C@@H]1CN(C(=O)OC(C)(C)C)C[C@](C)(C(=O)O)C1. The molecule has 0 saturated carbocycles. The Labute approximate surface area is 213 Å². The van der Waals surface area contributed by atoms with Crippen molar-refractivity contribution in [2.45, 2.75) is 79.5 Å². The van der Waals surface area contributed by atoms with E-state index in [0.29, 0.717) is 12.4 Å². The molecule has 9 nitrogen and oxygen atoms in total. The summed E-state index contributed by atoms with van der Waals surface area (Å²) in [5, 5.41) is 10.1. The largest absolute Gasteiger partial charge is 0.481 e. The minimum atomic E-state index is -1.23. The molecule has 1 fully saturated rings. The molecule has 0 spiro atoms. The summed E-state index contributed by atoms with van der Waals surface area (Å²) in [5.74, 6) is -0.832. The molecule has 9 heteroatoms. The van der Waals surface area contributed by atoms with Crippen LogP contribution in [0.5, 0.6) is 0 Å². The molecule has 1 N–H and O–H groups in total. The van der Waals surface area contributed by atoms with Gasteiger partial charge in [-0.1, -0.05) is 26.0 Å². The van der Waals surface area contributed by atoms with Crippen molar-refractivity contribution in [3.05, 3.63) is 30.1 Å². The predicted molar refractivity (Wildman–Crippen MR) is 138 cm³/mol. The van der Waals surface area contributed by atoms with Crippen LogP contribution in [0, 0.1) is 11.3 Å². The van der Waals surface area contributed by atoms with Crippen molar-refractivity contribution in [1.29, 1.82) is 0 Å². The normalized spacial score (nSPS) is 20.7. The minimum Gasteiger partial charge on any atom is -0.481 e. The summed E-state index contributed by atoms with van der Waals surface area (Å²) >= 11 is 0. The molecule has 1 aromatic carbocycles. The molecular formula is C27H40N4O5. The number of hydrogen-bond donors (Lipinski definition) is 1. The van der Waals surface area contributed by atoms with Gasteiger partial charge in [-0.3, -0.25) is 9.59 Å². The Hall–Kier alpha value is -3.10. The van der Waals surface area contributed by atoms with Gasteiger partial charge in [0.15, 0.2) is 5.82 Å². The second kappa shape index (κ2) is 10.1. The molecule has 2 amide bonds. The second-order valence-electron chi connectivity index (χ2n) is 11.8. The number of benzene rings is 1. The number of carbonyl (C=O) groups excluding carboxylic acids is 2. The molecule has 1 saturated heterocycles. The number of aliphatic carboxylic acids is 1. The maximum absolute atomic E-state index is 14.1. The van der Waals surface area contributed by atoms with Crippen LogP contribution in [0.3, 0.4) is 0 Å². The first-order chi connectivity index (χ1) is 16.6. The van der Waals surface area contributed by atoms with Crippen LogP contribution in [0.25, 0.3) is 11.0 Å². The van der Waals surface area contributed by atoms with Crippen LogP contribution in [0.4, 0.5) is 4.79 Å². The number of fused-ring (bicyclic) bond motifs is 1. The third-order valence-electron chi connectivity index (χ3n) is 6.39. The van der Waals surface area contributed by atoms with Crippen molar-refractivity contribution in [2.75, 3.05) is 19.6 Å². The summed E-state index contributed by atoms with van der Waals surface area (Å²) < 4.78 is 7.50. The minimum absolute atomic E-state index is 0.00819. The first-order valence-corrected chi connectivity index (χ1v) is 12.6. The summed E-state index contributed by atoms with van der Waals surface area (Å²) in [5.41, 5.74) is -0.351. The van der Waals surface area contributed by atoms with Gasteiger partial charge >= 0.3 is 12.1 Å². The number of aromatic nitrogens is 2. The zero-order valence-corrected chi connectivity index (χ0v) is 22.7. The molecule has 0 bridgehead atoms. The molecule has 0 unspecified atom stereocenters. The van der Waals surface area contributed by atoms with Gasteiger partial charge in [0.25, 0.3) is 5.91 Å². The number of carboxylic acids is 1. The lowest BCUT2D eigenvalue weighted by atomic mass is 9.79. The maximum Gasteiger partial charge on any atom is 0.410 e. The number of amides is 2. The van der Waals surface area contributed by atoms with Crippen molar-refractivity contribution in [3.63, 3.8) is 0 Å². The predicted octanol–water partition coefficient (Wildman–Crippen LogP) is 4.82. The van der Waals surface area contributed by atoms with E-state index in [4.69, 9.17) is 4.74 Å². The highest BCUT2D eigenvalue weighted by Gasteiger charge is 2.47. The van der Waals surface area contributed by atoms with Gasteiger partial charge in [0, 0.05) is 25.7 Å². The van der Waals surface area contributed by atoms with E-state index >= 15 is 0 Å². The Morgan fingerprint density at radius 3 is 2.39 bits per heavy atom. The topological polar surface area (TPSA) is 105 Å². The van der Waals surface area contributed by atoms with Crippen molar-refractivity contribution in [2.24, 2.45) is 11.3 Å². The maximum atomic E-state index is 14.1. The number of carbonyl (C=O) groups is 3. The lowest BCUT2D eigenvalue weighted by Gasteiger charge is -2.46. The standard InChI is InChI=1S/C27H40N4O5/c1-17(2)14-30(23(32)22-28-20-11-9-10-12-21(20)31(22)18(3)4)19-13-27(8,24(33)34)16-29(15-19)25(35)36-26(5,6)7/h9-12,17-19H,13-16H2,1-8H3,(H,33,34)/t19-,27+/m0/s1. The van der Waals surface area contributed by atoms with E-state index in [1.165, 1.54) is 4.90 Å². The molecular weight excluding hydrogens is 460 g/mol. The van der Waals surface area contributed by atoms with Gasteiger partial charge in [0.05, 0.1) is 22.5 Å². The van der Waals surface area contributed by atoms with E-state index in [0.717, 1.165) is 11.0 Å². The number of ether oxygens (including phenoxy) is 1. The fourth-order valence-corrected chi connectivity index (χ4v) is 4.86. The summed E-state index contributed by atoms with van der Waals surface area (Å²) in [7, 11) is 0. The van der Waals surface area contributed by atoms with Crippen LogP contribution in [0.1, 0.15) is 78.5 Å². The van der Waals surface area contributed by atoms with Crippen LogP contribution in [0.15, 0.2) is 24.3 Å². The summed E-state index contributed by atoms with van der Waals surface area (Å²) in [6.07, 6.45) is -0.354. The van der Waals surface area contributed by atoms with Crippen LogP contribution < -0.4 is 0 Å². The average Bonchev–Trinajstić information content (AvgIpc) is 3.15. The van der Waals surface area contributed by atoms with Crippen LogP contribution >= 0.6 is 0 Å². The van der Waals surface area contributed by atoms with E-state index in [-0.39, 0.29) is 37.4 Å². The Balaban J connectivity index is 2.05. The summed E-state index contributed by atoms with van der Waals surface area (Å²) in [6, 6.07) is 7.11. The lowest BCUT2D eigenvalue weighted by Crippen LogP contribution is -2.60. The quantitative estimate of drug-likeness (QED) is 0.610. The summed E-state index contributed by atoms with van der Waals surface area (Å²) in [4.78, 5) is 47.3. The number of piperidine rings is 1. The molecule has 2 atom stereocenters. The highest BCUT2D eigenvalue weighted by Crippen LogP contribution is 2.34. The van der Waals surface area contributed by atoms with E-state index < -0.39 is 29.1 Å². The van der Waals surface area contributed by atoms with E-state index in [9.17, 15) is 19.5 Å². The van der Waals surface area contributed by atoms with E-state index in [2.05, 4.69) is 4.98 Å². The molecule has 2 heterocycles. The van der Waals surface area contributed by atoms with Crippen molar-refractivity contribution in [1.82, 2.24) is 19.4 Å². The number of hydrogen-bond acceptors (Lipinski definition) is 5. The van der Waals surface area contributed by atoms with Gasteiger partial charge in [0.1, 0.15) is 5.60 Å². The zero-order chi connectivity index (χ0) is 27.0. The molecule has 1 aliphatic rings. The van der Waals surface area contributed by atoms with Crippen LogP contribution in [-0.2, 0) is 9.53 Å². The fraction of sp³-hybridized carbons (Fsp3) is 0.630. The monoisotopic (exact) mass is 500 g/mol. The number of imidazole rings is 1. The molecule has 0 aliphatic carbocycles. The van der Waals surface area contributed by atoms with Crippen molar-refractivity contribution in [3.8, 4) is 0 Å². The zero-order valence-electron chi connectivity index (χ0n) is 22.7. The average molecular weight is 501 g/mol. The van der Waals surface area contributed by atoms with Gasteiger partial charge in [0.2, 0.25) is 0 Å². The molecule has 0 radical (unpaired) electrons. The van der Waals surface area contributed by atoms with Crippen LogP contribution in [-0.4, -0.2) is 73.7 Å². The van der Waals surface area contributed by atoms with Crippen LogP contribution in [0.2, 0.25) is 0 Å². The fourth-order valence-electron chi connectivity index (χ4n) is 4.86. The Bertz CT molecular complexity index is 1130. The van der Waals surface area contributed by atoms with E-state index in [1.807, 2.05) is 56.5 Å². The number of carboxylic acid groups (broad SMARTS) is 1. The van der Waals surface area contributed by atoms with Gasteiger partial charge in [-0.2, -0.15) is 0 Å². The number of para-hydroxylation sites is 2. The highest BCUT2D eigenvalue weighted by atomic mass is 16.6. The molecule has 1 aliphatic heterocycles. The number of rotatable bonds is 6. The summed E-state index contributed by atoms with van der Waals surface area (Å²) in [6.45, 7) is 15.6. The van der Waals surface area contributed by atoms with Gasteiger partial charge in [-0.15, -0.1) is 0 Å². The van der Waals surface area contributed by atoms with Gasteiger partial charge in [-0.25, -0.2) is 9.78 Å². The third-order valence-corrected chi connectivity index (χ3v) is 6.39. The third kappa shape index (κ3) is 5.82. The van der Waals surface area contributed by atoms with Crippen molar-refractivity contribution < 1.29 is 24.2 Å². The molecule has 198 valence electrons. The van der Waals surface area contributed by atoms with Gasteiger partial charge in [-0.05, 0) is 66.0 Å². The molecule has 36 heavy (non-hydrogen) atoms. The van der Waals surface area contributed by atoms with E-state index in [1.54, 1.807) is 32.6 Å². The number of nitrogens with zero attached hydrogens (tertiary/aromatic N) is 4. The Kier molecular flexibility index (Phi) is 7.72. The second-order valence-corrected chi connectivity index (χ2v) is 11.8. The smallest absolute Gasteiger partial charge is 0.410 e. The lowest BCUT2D eigenvalue weighted by molar-refractivity contribution is -0.152. The highest BCUT2D eigenvalue weighted by molar-refractivity contribution is 5.95. The van der Waals surface area contributed by atoms with Crippen molar-refractivity contribution >= 4 is 29.0 Å². The van der Waals surface area contributed by atoms with Gasteiger partial charge < -0.3 is 24.2 Å². The first-order valence-electron chi connectivity index (χ1n) is 12.6. The molecule has 2 aromatic rings. The first kappa shape index (κ1) is 27.5. The Morgan fingerprint density at radius 1 is 1.19 bits per heavy atom. The molecule has 3 rings (SSSR count). The number of likely N-dealkylation sites (tertiary alicyclic amines) is 1. The molecule has 1 aromatic heterocycles. The Morgan fingerprint density at radius 2 is 1.83 bits per heavy atom.